The summed E-state index contributed by atoms with van der Waals surface area (Å²) in [5.41, 5.74) is 5.34. The Morgan fingerprint density at radius 2 is 1.89 bits per heavy atom. The van der Waals surface area contributed by atoms with Gasteiger partial charge in [-0.05, 0) is 12.8 Å². The van der Waals surface area contributed by atoms with Crippen LogP contribution in [0.3, 0.4) is 0 Å². The van der Waals surface area contributed by atoms with Crippen molar-refractivity contribution in [1.29, 1.82) is 0 Å². The monoisotopic (exact) mass is 264 g/mol. The maximum Gasteiger partial charge on any atom is 0.391 e. The third kappa shape index (κ3) is 2.62. The SMILES string of the molecule is Nc1ncc(F)c(N2CCC(C(F)(F)F)CC2)n1. The largest absolute Gasteiger partial charge is 0.391 e. The van der Waals surface area contributed by atoms with Gasteiger partial charge in [0, 0.05) is 13.1 Å². The van der Waals surface area contributed by atoms with Gasteiger partial charge < -0.3 is 10.6 Å². The zero-order chi connectivity index (χ0) is 13.3. The Kier molecular flexibility index (Phi) is 3.27. The molecule has 0 radical (unpaired) electrons. The van der Waals surface area contributed by atoms with Crippen molar-refractivity contribution in [3.05, 3.63) is 12.0 Å². The fourth-order valence-corrected chi connectivity index (χ4v) is 2.01. The molecule has 0 aliphatic carbocycles. The molecule has 100 valence electrons. The van der Waals surface area contributed by atoms with Crippen LogP contribution in [0.25, 0.3) is 0 Å². The molecule has 1 saturated heterocycles. The number of piperidine rings is 1. The van der Waals surface area contributed by atoms with Crippen LogP contribution in [0.4, 0.5) is 29.3 Å². The lowest BCUT2D eigenvalue weighted by Crippen LogP contribution is -2.39. The molecule has 2 N–H and O–H groups in total. The van der Waals surface area contributed by atoms with Crippen molar-refractivity contribution in [2.75, 3.05) is 23.7 Å². The number of aromatic nitrogens is 2. The van der Waals surface area contributed by atoms with Crippen LogP contribution in [0.5, 0.6) is 0 Å². The Morgan fingerprint density at radius 1 is 1.28 bits per heavy atom. The smallest absolute Gasteiger partial charge is 0.368 e. The van der Waals surface area contributed by atoms with Crippen LogP contribution in [0.1, 0.15) is 12.8 Å². The molecule has 0 unspecified atom stereocenters. The average molecular weight is 264 g/mol. The van der Waals surface area contributed by atoms with Crippen molar-refractivity contribution >= 4 is 11.8 Å². The Balaban J connectivity index is 2.08. The van der Waals surface area contributed by atoms with E-state index in [1.807, 2.05) is 0 Å². The first-order valence-electron chi connectivity index (χ1n) is 5.47. The Labute approximate surface area is 101 Å². The van der Waals surface area contributed by atoms with Gasteiger partial charge in [0.05, 0.1) is 12.1 Å². The van der Waals surface area contributed by atoms with Gasteiger partial charge in [0.1, 0.15) is 0 Å². The van der Waals surface area contributed by atoms with E-state index in [0.29, 0.717) is 0 Å². The lowest BCUT2D eigenvalue weighted by atomic mass is 9.96. The summed E-state index contributed by atoms with van der Waals surface area (Å²) in [5.74, 6) is -2.11. The molecular formula is C10H12F4N4. The van der Waals surface area contributed by atoms with E-state index in [0.717, 1.165) is 6.20 Å². The standard InChI is InChI=1S/C10H12F4N4/c11-7-5-16-9(15)17-8(7)18-3-1-6(2-4-18)10(12,13)14/h5-6H,1-4H2,(H2,15,16,17). The summed E-state index contributed by atoms with van der Waals surface area (Å²) in [7, 11) is 0. The zero-order valence-electron chi connectivity index (χ0n) is 9.41. The highest BCUT2D eigenvalue weighted by atomic mass is 19.4. The topological polar surface area (TPSA) is 55.0 Å². The number of anilines is 2. The first-order valence-corrected chi connectivity index (χ1v) is 5.47. The molecule has 2 heterocycles. The minimum atomic E-state index is -4.19. The molecule has 1 aromatic heterocycles. The fraction of sp³-hybridized carbons (Fsp3) is 0.600. The van der Waals surface area contributed by atoms with Gasteiger partial charge in [0.2, 0.25) is 5.95 Å². The van der Waals surface area contributed by atoms with Gasteiger partial charge in [0.15, 0.2) is 11.6 Å². The molecule has 0 atom stereocenters. The van der Waals surface area contributed by atoms with E-state index in [4.69, 9.17) is 5.73 Å². The Bertz CT molecular complexity index is 426. The third-order valence-corrected chi connectivity index (χ3v) is 3.00. The number of hydrogen-bond acceptors (Lipinski definition) is 4. The van der Waals surface area contributed by atoms with Crippen LogP contribution in [-0.2, 0) is 0 Å². The molecule has 0 bridgehead atoms. The summed E-state index contributed by atoms with van der Waals surface area (Å²) in [5, 5.41) is 0. The third-order valence-electron chi connectivity index (χ3n) is 3.00. The molecule has 2 rings (SSSR count). The van der Waals surface area contributed by atoms with Crippen LogP contribution in [0, 0.1) is 11.7 Å². The number of nitrogens with zero attached hydrogens (tertiary/aromatic N) is 3. The normalized spacial score (nSPS) is 18.1. The van der Waals surface area contributed by atoms with Gasteiger partial charge >= 0.3 is 6.18 Å². The maximum atomic E-state index is 13.4. The van der Waals surface area contributed by atoms with Crippen LogP contribution in [0.2, 0.25) is 0 Å². The average Bonchev–Trinajstić information content (AvgIpc) is 2.31. The van der Waals surface area contributed by atoms with Crippen molar-refractivity contribution in [3.8, 4) is 0 Å². The highest BCUT2D eigenvalue weighted by molar-refractivity contribution is 5.42. The van der Waals surface area contributed by atoms with Crippen molar-refractivity contribution in [3.63, 3.8) is 0 Å². The molecular weight excluding hydrogens is 252 g/mol. The highest BCUT2D eigenvalue weighted by Crippen LogP contribution is 2.35. The Morgan fingerprint density at radius 3 is 2.44 bits per heavy atom. The minimum Gasteiger partial charge on any atom is -0.368 e. The predicted octanol–water partition coefficient (Wildman–Crippen LogP) is 1.98. The number of nitrogens with two attached hydrogens (primary N) is 1. The Hall–Kier alpha value is -1.60. The quantitative estimate of drug-likeness (QED) is 0.788. The van der Waals surface area contributed by atoms with Gasteiger partial charge in [-0.3, -0.25) is 0 Å². The molecule has 1 aliphatic rings. The van der Waals surface area contributed by atoms with Gasteiger partial charge in [-0.15, -0.1) is 0 Å². The summed E-state index contributed by atoms with van der Waals surface area (Å²) in [6, 6.07) is 0. The van der Waals surface area contributed by atoms with E-state index in [1.54, 1.807) is 0 Å². The van der Waals surface area contributed by atoms with E-state index < -0.39 is 17.9 Å². The van der Waals surface area contributed by atoms with Gasteiger partial charge in [-0.1, -0.05) is 0 Å². The first kappa shape index (κ1) is 12.8. The number of hydrogen-bond donors (Lipinski definition) is 1. The summed E-state index contributed by atoms with van der Waals surface area (Å²) in [4.78, 5) is 8.66. The second-order valence-corrected chi connectivity index (χ2v) is 4.20. The first-order chi connectivity index (χ1) is 8.38. The molecule has 4 nitrogen and oxygen atoms in total. The number of alkyl halides is 3. The molecule has 18 heavy (non-hydrogen) atoms. The molecule has 0 spiro atoms. The van der Waals surface area contributed by atoms with Crippen LogP contribution in [0.15, 0.2) is 6.20 Å². The van der Waals surface area contributed by atoms with Crippen molar-refractivity contribution in [2.45, 2.75) is 19.0 Å². The summed E-state index contributed by atoms with van der Waals surface area (Å²) >= 11 is 0. The summed E-state index contributed by atoms with van der Waals surface area (Å²) in [6.07, 6.45) is -3.39. The van der Waals surface area contributed by atoms with E-state index >= 15 is 0 Å². The zero-order valence-corrected chi connectivity index (χ0v) is 9.41. The molecule has 1 aliphatic heterocycles. The molecule has 1 aromatic rings. The molecule has 0 amide bonds. The number of halogens is 4. The van der Waals surface area contributed by atoms with Crippen LogP contribution in [-0.4, -0.2) is 29.2 Å². The van der Waals surface area contributed by atoms with E-state index in [-0.39, 0.29) is 37.7 Å². The van der Waals surface area contributed by atoms with Gasteiger partial charge in [-0.25, -0.2) is 9.37 Å². The van der Waals surface area contributed by atoms with E-state index in [1.165, 1.54) is 4.90 Å². The van der Waals surface area contributed by atoms with E-state index in [2.05, 4.69) is 9.97 Å². The van der Waals surface area contributed by atoms with E-state index in [9.17, 15) is 17.6 Å². The molecule has 8 heteroatoms. The fourth-order valence-electron chi connectivity index (χ4n) is 2.01. The second kappa shape index (κ2) is 4.58. The summed E-state index contributed by atoms with van der Waals surface area (Å²) < 4.78 is 50.9. The van der Waals surface area contributed by atoms with Gasteiger partial charge in [-0.2, -0.15) is 18.2 Å². The number of rotatable bonds is 1. The summed E-state index contributed by atoms with van der Waals surface area (Å²) in [6.45, 7) is 0.217. The van der Waals surface area contributed by atoms with Crippen LogP contribution < -0.4 is 10.6 Å². The predicted molar refractivity (Wildman–Crippen MR) is 57.4 cm³/mol. The second-order valence-electron chi connectivity index (χ2n) is 4.20. The van der Waals surface area contributed by atoms with Crippen molar-refractivity contribution in [1.82, 2.24) is 9.97 Å². The highest BCUT2D eigenvalue weighted by Gasteiger charge is 2.41. The van der Waals surface area contributed by atoms with Crippen molar-refractivity contribution < 1.29 is 17.6 Å². The lowest BCUT2D eigenvalue weighted by molar-refractivity contribution is -0.179. The minimum absolute atomic E-state index is 0.0249. The number of nitrogen functional groups attached to an aromatic ring is 1. The van der Waals surface area contributed by atoms with Gasteiger partial charge in [0.25, 0.3) is 0 Å². The maximum absolute atomic E-state index is 13.4. The molecule has 0 saturated carbocycles. The van der Waals surface area contributed by atoms with Crippen molar-refractivity contribution in [2.24, 2.45) is 5.92 Å². The lowest BCUT2D eigenvalue weighted by Gasteiger charge is -2.33. The van der Waals surface area contributed by atoms with Crippen LogP contribution >= 0.6 is 0 Å². The molecule has 0 aromatic carbocycles. The molecule has 1 fully saturated rings.